The second-order valence-corrected chi connectivity index (χ2v) is 5.79. The van der Waals surface area contributed by atoms with E-state index in [-0.39, 0.29) is 0 Å². The molecule has 18 heavy (non-hydrogen) atoms. The second kappa shape index (κ2) is 5.89. The van der Waals surface area contributed by atoms with Gasteiger partial charge in [0.15, 0.2) is 17.4 Å². The lowest BCUT2D eigenvalue weighted by Gasteiger charge is -2.13. The van der Waals surface area contributed by atoms with Crippen molar-refractivity contribution in [2.24, 2.45) is 0 Å². The molecule has 0 spiro atoms. The van der Waals surface area contributed by atoms with Crippen molar-refractivity contribution >= 4 is 11.8 Å². The lowest BCUT2D eigenvalue weighted by Crippen LogP contribution is -2.26. The van der Waals surface area contributed by atoms with Crippen molar-refractivity contribution in [1.82, 2.24) is 5.32 Å². The van der Waals surface area contributed by atoms with Gasteiger partial charge in [0.1, 0.15) is 0 Å². The Hall–Kier alpha value is -0.810. The predicted molar refractivity (Wildman–Crippen MR) is 69.8 cm³/mol. The molecule has 1 aromatic carbocycles. The summed E-state index contributed by atoms with van der Waals surface area (Å²) in [6.45, 7) is 0.430. The van der Waals surface area contributed by atoms with Crippen LogP contribution in [0.3, 0.4) is 0 Å². The quantitative estimate of drug-likeness (QED) is 0.884. The standard InChI is InChI=1S/C13H17F2NOS/c1-18-10-3-2-9(6-10)16-7-8-4-11(14)13(17)12(15)5-8/h4-5,9-10,16-17H,2-3,6-7H2,1H3. The van der Waals surface area contributed by atoms with Crippen LogP contribution in [0.15, 0.2) is 12.1 Å². The van der Waals surface area contributed by atoms with Gasteiger partial charge in [0.2, 0.25) is 0 Å². The zero-order chi connectivity index (χ0) is 13.1. The molecule has 0 aromatic heterocycles. The zero-order valence-electron chi connectivity index (χ0n) is 10.2. The third kappa shape index (κ3) is 3.14. The Morgan fingerprint density at radius 3 is 2.56 bits per heavy atom. The van der Waals surface area contributed by atoms with E-state index in [0.717, 1.165) is 12.8 Å². The summed E-state index contributed by atoms with van der Waals surface area (Å²) in [6.07, 6.45) is 5.51. The first-order chi connectivity index (χ1) is 8.60. The van der Waals surface area contributed by atoms with E-state index in [2.05, 4.69) is 11.6 Å². The summed E-state index contributed by atoms with van der Waals surface area (Å²) < 4.78 is 26.3. The molecular weight excluding hydrogens is 256 g/mol. The molecular formula is C13H17F2NOS. The summed E-state index contributed by atoms with van der Waals surface area (Å²) in [5, 5.41) is 13.0. The first kappa shape index (κ1) is 13.6. The molecule has 0 radical (unpaired) electrons. The Morgan fingerprint density at radius 2 is 2.00 bits per heavy atom. The van der Waals surface area contributed by atoms with Crippen LogP contribution in [-0.4, -0.2) is 22.7 Å². The average molecular weight is 273 g/mol. The van der Waals surface area contributed by atoms with Gasteiger partial charge < -0.3 is 10.4 Å². The number of hydrogen-bond acceptors (Lipinski definition) is 3. The van der Waals surface area contributed by atoms with Crippen molar-refractivity contribution < 1.29 is 13.9 Å². The normalized spacial score (nSPS) is 23.5. The summed E-state index contributed by atoms with van der Waals surface area (Å²) in [5.74, 6) is -2.71. The van der Waals surface area contributed by atoms with Gasteiger partial charge in [0, 0.05) is 17.8 Å². The smallest absolute Gasteiger partial charge is 0.187 e. The van der Waals surface area contributed by atoms with Gasteiger partial charge in [-0.15, -0.1) is 0 Å². The topological polar surface area (TPSA) is 32.3 Å². The molecule has 0 bridgehead atoms. The van der Waals surface area contributed by atoms with Crippen LogP contribution in [0.4, 0.5) is 8.78 Å². The molecule has 1 aliphatic carbocycles. The van der Waals surface area contributed by atoms with E-state index in [1.54, 1.807) is 0 Å². The molecule has 2 N–H and O–H groups in total. The molecule has 2 unspecified atom stereocenters. The predicted octanol–water partition coefficient (Wildman–Crippen LogP) is 3.04. The van der Waals surface area contributed by atoms with E-state index in [9.17, 15) is 8.78 Å². The molecule has 2 rings (SSSR count). The third-order valence-electron chi connectivity index (χ3n) is 3.39. The Morgan fingerprint density at radius 1 is 1.33 bits per heavy atom. The van der Waals surface area contributed by atoms with Crippen LogP contribution in [0, 0.1) is 11.6 Å². The lowest BCUT2D eigenvalue weighted by atomic mass is 10.1. The highest BCUT2D eigenvalue weighted by atomic mass is 32.2. The van der Waals surface area contributed by atoms with Crippen molar-refractivity contribution in [1.29, 1.82) is 0 Å². The van der Waals surface area contributed by atoms with E-state index >= 15 is 0 Å². The highest BCUT2D eigenvalue weighted by Crippen LogP contribution is 2.28. The largest absolute Gasteiger partial charge is 0.503 e. The molecule has 1 saturated carbocycles. The second-order valence-electron chi connectivity index (χ2n) is 4.66. The van der Waals surface area contributed by atoms with Crippen LogP contribution in [0.2, 0.25) is 0 Å². The molecule has 1 fully saturated rings. The van der Waals surface area contributed by atoms with Gasteiger partial charge in [-0.2, -0.15) is 11.8 Å². The Labute approximate surface area is 110 Å². The molecule has 0 aliphatic heterocycles. The highest BCUT2D eigenvalue weighted by molar-refractivity contribution is 7.99. The van der Waals surface area contributed by atoms with E-state index < -0.39 is 17.4 Å². The van der Waals surface area contributed by atoms with Crippen LogP contribution in [0.1, 0.15) is 24.8 Å². The van der Waals surface area contributed by atoms with E-state index in [0.29, 0.717) is 23.4 Å². The van der Waals surface area contributed by atoms with Crippen molar-refractivity contribution in [3.8, 4) is 5.75 Å². The number of rotatable bonds is 4. The van der Waals surface area contributed by atoms with Gasteiger partial charge >= 0.3 is 0 Å². The Bertz CT molecular complexity index is 404. The molecule has 100 valence electrons. The minimum absolute atomic E-state index is 0.419. The van der Waals surface area contributed by atoms with Crippen LogP contribution in [0.5, 0.6) is 5.75 Å². The van der Waals surface area contributed by atoms with Gasteiger partial charge in [-0.05, 0) is 43.2 Å². The maximum Gasteiger partial charge on any atom is 0.187 e. The maximum atomic E-state index is 13.1. The number of phenolic OH excluding ortho intramolecular Hbond substituents is 1. The van der Waals surface area contributed by atoms with Crippen molar-refractivity contribution in [3.05, 3.63) is 29.3 Å². The van der Waals surface area contributed by atoms with Crippen LogP contribution < -0.4 is 5.32 Å². The van der Waals surface area contributed by atoms with E-state index in [4.69, 9.17) is 5.11 Å². The number of hydrogen-bond donors (Lipinski definition) is 2. The maximum absolute atomic E-state index is 13.1. The first-order valence-corrected chi connectivity index (χ1v) is 7.32. The lowest BCUT2D eigenvalue weighted by molar-refractivity contribution is 0.394. The fraction of sp³-hybridized carbons (Fsp3) is 0.538. The van der Waals surface area contributed by atoms with Gasteiger partial charge in [0.25, 0.3) is 0 Å². The molecule has 2 nitrogen and oxygen atoms in total. The van der Waals surface area contributed by atoms with Crippen LogP contribution in [-0.2, 0) is 6.54 Å². The SMILES string of the molecule is CSC1CCC(NCc2cc(F)c(O)c(F)c2)C1. The number of phenols is 1. The number of benzene rings is 1. The number of aromatic hydroxyl groups is 1. The number of thioether (sulfide) groups is 1. The zero-order valence-corrected chi connectivity index (χ0v) is 11.1. The minimum atomic E-state index is -0.903. The van der Waals surface area contributed by atoms with Crippen molar-refractivity contribution in [2.75, 3.05) is 6.26 Å². The first-order valence-electron chi connectivity index (χ1n) is 6.03. The molecule has 1 aliphatic rings. The number of nitrogens with one attached hydrogen (secondary N) is 1. The molecule has 0 saturated heterocycles. The highest BCUT2D eigenvalue weighted by Gasteiger charge is 2.23. The van der Waals surface area contributed by atoms with Gasteiger partial charge in [0.05, 0.1) is 0 Å². The van der Waals surface area contributed by atoms with Gasteiger partial charge in [-0.3, -0.25) is 0 Å². The summed E-state index contributed by atoms with van der Waals surface area (Å²) in [5.41, 5.74) is 0.524. The summed E-state index contributed by atoms with van der Waals surface area (Å²) in [6, 6.07) is 2.76. The van der Waals surface area contributed by atoms with Crippen LogP contribution in [0.25, 0.3) is 0 Å². The molecule has 0 heterocycles. The van der Waals surface area contributed by atoms with E-state index in [1.165, 1.54) is 18.6 Å². The summed E-state index contributed by atoms with van der Waals surface area (Å²) in [4.78, 5) is 0. The average Bonchev–Trinajstić information content (AvgIpc) is 2.81. The molecule has 1 aromatic rings. The Balaban J connectivity index is 1.91. The van der Waals surface area contributed by atoms with Crippen LogP contribution >= 0.6 is 11.8 Å². The molecule has 2 atom stereocenters. The Kier molecular flexibility index (Phi) is 4.45. The summed E-state index contributed by atoms with van der Waals surface area (Å²) in [7, 11) is 0. The van der Waals surface area contributed by atoms with Crippen molar-refractivity contribution in [3.63, 3.8) is 0 Å². The van der Waals surface area contributed by atoms with Crippen molar-refractivity contribution in [2.45, 2.75) is 37.1 Å². The van der Waals surface area contributed by atoms with Gasteiger partial charge in [-0.25, -0.2) is 8.78 Å². The van der Waals surface area contributed by atoms with Gasteiger partial charge in [-0.1, -0.05) is 0 Å². The number of halogens is 2. The fourth-order valence-electron chi connectivity index (χ4n) is 2.32. The molecule has 0 amide bonds. The fourth-order valence-corrected chi connectivity index (χ4v) is 3.12. The minimum Gasteiger partial charge on any atom is -0.503 e. The third-order valence-corrected chi connectivity index (χ3v) is 4.48. The summed E-state index contributed by atoms with van der Waals surface area (Å²) >= 11 is 1.87. The molecule has 5 heteroatoms. The monoisotopic (exact) mass is 273 g/mol. The van der Waals surface area contributed by atoms with E-state index in [1.807, 2.05) is 11.8 Å².